The monoisotopic (exact) mass is 687 g/mol. The molecule has 3 aromatic carbocycles. The molecule has 4 rings (SSSR count). The number of nitrogen functional groups attached to an aromatic ring is 1. The number of hydrogen-bond donors (Lipinski definition) is 5. The molecule has 0 aliphatic rings. The number of aliphatic hydroxyl groups excluding tert-OH is 1. The summed E-state index contributed by atoms with van der Waals surface area (Å²) in [6, 6.07) is 25.8. The molecule has 2 atom stereocenters. The first kappa shape index (κ1) is 37.0. The Labute approximate surface area is 288 Å². The average molecular weight is 688 g/mol. The number of nitrogens with one attached hydrogen (secondary N) is 2. The van der Waals surface area contributed by atoms with E-state index in [9.17, 15) is 28.2 Å². The molecule has 0 fully saturated rings. The number of nitrogens with two attached hydrogens (primary N) is 1. The van der Waals surface area contributed by atoms with Gasteiger partial charge in [0.15, 0.2) is 5.69 Å². The highest BCUT2D eigenvalue weighted by molar-refractivity contribution is 7.89. The molecule has 49 heavy (non-hydrogen) atoms. The van der Waals surface area contributed by atoms with E-state index in [1.165, 1.54) is 46.9 Å². The lowest BCUT2D eigenvalue weighted by atomic mass is 9.84. The summed E-state index contributed by atoms with van der Waals surface area (Å²) in [5, 5.41) is 26.4. The van der Waals surface area contributed by atoms with Gasteiger partial charge >= 0.3 is 0 Å². The average Bonchev–Trinajstić information content (AvgIpc) is 3.10. The Morgan fingerprint density at radius 3 is 2.04 bits per heavy atom. The van der Waals surface area contributed by atoms with Crippen molar-refractivity contribution in [1.82, 2.24) is 19.9 Å². The minimum atomic E-state index is -3.91. The third-order valence-electron chi connectivity index (χ3n) is 8.13. The number of benzene rings is 3. The fraction of sp³-hybridized carbons (Fsp3) is 0.324. The summed E-state index contributed by atoms with van der Waals surface area (Å²) in [5.74, 6) is -2.00. The third kappa shape index (κ3) is 9.88. The first-order valence-corrected chi connectivity index (χ1v) is 17.8. The van der Waals surface area contributed by atoms with Gasteiger partial charge in [-0.2, -0.15) is 4.31 Å². The van der Waals surface area contributed by atoms with Crippen LogP contribution in [0, 0.1) is 5.92 Å². The van der Waals surface area contributed by atoms with E-state index in [1.807, 2.05) is 74.5 Å². The Kier molecular flexibility index (Phi) is 13.3. The van der Waals surface area contributed by atoms with E-state index < -0.39 is 39.8 Å². The number of aliphatic hydroxyl groups is 1. The van der Waals surface area contributed by atoms with E-state index in [-0.39, 0.29) is 42.0 Å². The lowest BCUT2D eigenvalue weighted by molar-refractivity contribution is -0.123. The quantitative estimate of drug-likeness (QED) is 0.0807. The van der Waals surface area contributed by atoms with Crippen LogP contribution in [-0.4, -0.2) is 71.5 Å². The number of pyridine rings is 1. The summed E-state index contributed by atoms with van der Waals surface area (Å²) in [7, 11) is -3.91. The maximum Gasteiger partial charge on any atom is 0.274 e. The SMILES string of the molecule is CC(C)CN(C(CO)CCCCNC(=O)[C@@H](NC(=O)c1ncccc1O)C(c1ccccc1)c1ccccc1)S(=O)(=O)c1ccc(N)cc1. The predicted molar refractivity (Wildman–Crippen MR) is 189 cm³/mol. The summed E-state index contributed by atoms with van der Waals surface area (Å²) in [6.45, 7) is 3.93. The third-order valence-corrected chi connectivity index (χ3v) is 10.1. The van der Waals surface area contributed by atoms with Crippen LogP contribution in [0.25, 0.3) is 0 Å². The normalized spacial score (nSPS) is 12.9. The summed E-state index contributed by atoms with van der Waals surface area (Å²) in [5.41, 5.74) is 7.62. The minimum Gasteiger partial charge on any atom is -0.505 e. The molecule has 1 heterocycles. The summed E-state index contributed by atoms with van der Waals surface area (Å²) < 4.78 is 28.6. The molecule has 0 aliphatic heterocycles. The highest BCUT2D eigenvalue weighted by Crippen LogP contribution is 2.29. The van der Waals surface area contributed by atoms with Gasteiger partial charge in [0, 0.05) is 36.9 Å². The molecular formula is C37H45N5O6S. The fourth-order valence-electron chi connectivity index (χ4n) is 5.71. The number of anilines is 1. The highest BCUT2D eigenvalue weighted by atomic mass is 32.2. The van der Waals surface area contributed by atoms with Crippen molar-refractivity contribution in [3.8, 4) is 5.75 Å². The van der Waals surface area contributed by atoms with Crippen molar-refractivity contribution in [2.24, 2.45) is 5.92 Å². The summed E-state index contributed by atoms with van der Waals surface area (Å²) in [4.78, 5) is 31.4. The van der Waals surface area contributed by atoms with E-state index in [1.54, 1.807) is 0 Å². The van der Waals surface area contributed by atoms with Crippen molar-refractivity contribution in [2.75, 3.05) is 25.4 Å². The van der Waals surface area contributed by atoms with Crippen molar-refractivity contribution in [1.29, 1.82) is 0 Å². The predicted octanol–water partition coefficient (Wildman–Crippen LogP) is 4.29. The second kappa shape index (κ2) is 17.6. The molecule has 1 aromatic heterocycles. The molecule has 0 saturated carbocycles. The number of hydrogen-bond acceptors (Lipinski definition) is 8. The first-order chi connectivity index (χ1) is 23.5. The maximum atomic E-state index is 13.9. The zero-order valence-electron chi connectivity index (χ0n) is 27.8. The topological polar surface area (TPSA) is 175 Å². The van der Waals surface area contributed by atoms with Gasteiger partial charge in [-0.15, -0.1) is 0 Å². The first-order valence-electron chi connectivity index (χ1n) is 16.3. The number of sulfonamides is 1. The summed E-state index contributed by atoms with van der Waals surface area (Å²) >= 11 is 0. The number of rotatable bonds is 17. The number of nitrogens with zero attached hydrogens (tertiary/aromatic N) is 2. The second-order valence-corrected chi connectivity index (χ2v) is 14.2. The van der Waals surface area contributed by atoms with Gasteiger partial charge in [0.2, 0.25) is 15.9 Å². The van der Waals surface area contributed by atoms with Gasteiger partial charge in [0.05, 0.1) is 11.5 Å². The van der Waals surface area contributed by atoms with E-state index in [2.05, 4.69) is 15.6 Å². The zero-order chi connectivity index (χ0) is 35.4. The molecule has 0 spiro atoms. The molecule has 11 nitrogen and oxygen atoms in total. The smallest absolute Gasteiger partial charge is 0.274 e. The van der Waals surface area contributed by atoms with Crippen LogP contribution in [0.2, 0.25) is 0 Å². The van der Waals surface area contributed by atoms with Crippen LogP contribution in [0.15, 0.2) is 108 Å². The molecule has 1 unspecified atom stereocenters. The van der Waals surface area contributed by atoms with Crippen molar-refractivity contribution < 1.29 is 28.2 Å². The minimum absolute atomic E-state index is 0.0132. The van der Waals surface area contributed by atoms with Gasteiger partial charge in [-0.05, 0) is 66.3 Å². The zero-order valence-corrected chi connectivity index (χ0v) is 28.6. The molecule has 4 aromatic rings. The maximum absolute atomic E-state index is 13.9. The van der Waals surface area contributed by atoms with Gasteiger partial charge in [0.1, 0.15) is 11.8 Å². The number of carbonyl (C=O) groups is 2. The Balaban J connectivity index is 1.49. The van der Waals surface area contributed by atoms with E-state index in [0.717, 1.165) is 11.1 Å². The largest absolute Gasteiger partial charge is 0.505 e. The molecule has 6 N–H and O–H groups in total. The number of amides is 2. The lowest BCUT2D eigenvalue weighted by Gasteiger charge is -2.31. The molecule has 260 valence electrons. The Morgan fingerprint density at radius 2 is 1.49 bits per heavy atom. The number of aromatic nitrogens is 1. The van der Waals surface area contributed by atoms with Crippen molar-refractivity contribution in [2.45, 2.75) is 56.0 Å². The van der Waals surface area contributed by atoms with E-state index >= 15 is 0 Å². The molecule has 0 saturated heterocycles. The number of unbranched alkanes of at least 4 members (excludes halogenated alkanes) is 1. The number of aromatic hydroxyl groups is 1. The molecule has 0 bridgehead atoms. The van der Waals surface area contributed by atoms with Gasteiger partial charge in [0.25, 0.3) is 5.91 Å². The Hall–Kier alpha value is -4.78. The van der Waals surface area contributed by atoms with Crippen LogP contribution in [0.3, 0.4) is 0 Å². The van der Waals surface area contributed by atoms with Crippen LogP contribution in [0.5, 0.6) is 5.75 Å². The van der Waals surface area contributed by atoms with Crippen LogP contribution >= 0.6 is 0 Å². The molecule has 2 amide bonds. The van der Waals surface area contributed by atoms with Gasteiger partial charge < -0.3 is 26.6 Å². The van der Waals surface area contributed by atoms with Gasteiger partial charge in [-0.1, -0.05) is 80.9 Å². The van der Waals surface area contributed by atoms with Crippen molar-refractivity contribution in [3.63, 3.8) is 0 Å². The highest BCUT2D eigenvalue weighted by Gasteiger charge is 2.34. The van der Waals surface area contributed by atoms with Crippen LogP contribution in [0.1, 0.15) is 60.6 Å². The van der Waals surface area contributed by atoms with Gasteiger partial charge in [-0.3, -0.25) is 9.59 Å². The molecule has 0 radical (unpaired) electrons. The van der Waals surface area contributed by atoms with Gasteiger partial charge in [-0.25, -0.2) is 13.4 Å². The Bertz CT molecular complexity index is 1720. The van der Waals surface area contributed by atoms with Crippen LogP contribution < -0.4 is 16.4 Å². The van der Waals surface area contributed by atoms with Crippen molar-refractivity contribution >= 4 is 27.5 Å². The molecular weight excluding hydrogens is 643 g/mol. The second-order valence-electron chi connectivity index (χ2n) is 12.3. The lowest BCUT2D eigenvalue weighted by Crippen LogP contribution is -2.50. The fourth-order valence-corrected chi connectivity index (χ4v) is 7.52. The standard InChI is InChI=1S/C37H45N5O6S/c1-26(2)24-42(49(47,48)31-20-18-29(38)19-21-31)30(25-43)16-9-10-22-40-36(45)35(41-37(46)34-32(44)17-11-23-39-34)33(27-12-5-3-6-13-27)28-14-7-4-8-15-28/h3-8,11-15,17-21,23,26,30,33,35,43-44H,9-10,16,22,24-25,38H2,1-2H3,(H,40,45)(H,41,46)/t30?,35-/m0/s1. The Morgan fingerprint density at radius 1 is 0.878 bits per heavy atom. The van der Waals surface area contributed by atoms with Crippen LogP contribution in [0.4, 0.5) is 5.69 Å². The molecule has 12 heteroatoms. The number of carbonyl (C=O) groups excluding carboxylic acids is 2. The van der Waals surface area contributed by atoms with E-state index in [0.29, 0.717) is 24.9 Å². The van der Waals surface area contributed by atoms with E-state index in [4.69, 9.17) is 5.73 Å². The summed E-state index contributed by atoms with van der Waals surface area (Å²) in [6.07, 6.45) is 2.75. The van der Waals surface area contributed by atoms with Crippen LogP contribution in [-0.2, 0) is 14.8 Å². The molecule has 0 aliphatic carbocycles. The van der Waals surface area contributed by atoms with Crippen molar-refractivity contribution in [3.05, 3.63) is 120 Å².